The first-order valence-corrected chi connectivity index (χ1v) is 5.03. The maximum atomic E-state index is 5.59. The molecular weight excluding hydrogens is 204 g/mol. The fourth-order valence-corrected chi connectivity index (χ4v) is 1.46. The van der Waals surface area contributed by atoms with Crippen molar-refractivity contribution in [3.05, 3.63) is 42.2 Å². The van der Waals surface area contributed by atoms with E-state index in [1.807, 2.05) is 37.5 Å². The van der Waals surface area contributed by atoms with E-state index >= 15 is 0 Å². The molecule has 0 saturated heterocycles. The van der Waals surface area contributed by atoms with Crippen molar-refractivity contribution in [2.75, 3.05) is 7.11 Å². The molecular formula is C12H14N2O2. The number of methoxy groups -OCH3 is 1. The first kappa shape index (κ1) is 10.5. The van der Waals surface area contributed by atoms with Crippen molar-refractivity contribution in [1.29, 1.82) is 0 Å². The number of aromatic nitrogens is 2. The van der Waals surface area contributed by atoms with Gasteiger partial charge < -0.3 is 9.47 Å². The predicted molar refractivity (Wildman–Crippen MR) is 60.5 cm³/mol. The lowest BCUT2D eigenvalue weighted by atomic mass is 10.2. The summed E-state index contributed by atoms with van der Waals surface area (Å²) >= 11 is 0. The summed E-state index contributed by atoms with van der Waals surface area (Å²) in [7, 11) is 3.51. The molecule has 0 aliphatic carbocycles. The molecule has 0 N–H and O–H groups in total. The van der Waals surface area contributed by atoms with Crippen molar-refractivity contribution < 1.29 is 9.47 Å². The van der Waals surface area contributed by atoms with E-state index in [4.69, 9.17) is 9.47 Å². The third kappa shape index (κ3) is 2.34. The number of ether oxygens (including phenoxy) is 2. The summed E-state index contributed by atoms with van der Waals surface area (Å²) < 4.78 is 12.5. The number of aryl methyl sites for hydroxylation is 1. The molecule has 2 rings (SSSR count). The molecule has 0 bridgehead atoms. The van der Waals surface area contributed by atoms with E-state index in [1.165, 1.54) is 0 Å². The molecule has 0 saturated carbocycles. The van der Waals surface area contributed by atoms with E-state index in [2.05, 4.69) is 5.10 Å². The molecule has 1 heterocycles. The average Bonchev–Trinajstić information content (AvgIpc) is 2.73. The van der Waals surface area contributed by atoms with Crippen LogP contribution in [0.15, 0.2) is 36.7 Å². The summed E-state index contributed by atoms with van der Waals surface area (Å²) in [4.78, 5) is 0. The van der Waals surface area contributed by atoms with Crippen molar-refractivity contribution in [3.63, 3.8) is 0 Å². The molecule has 2 aromatic rings. The van der Waals surface area contributed by atoms with E-state index < -0.39 is 0 Å². The second kappa shape index (κ2) is 4.70. The fraction of sp³-hybridized carbons (Fsp3) is 0.250. The summed E-state index contributed by atoms with van der Waals surface area (Å²) in [5.74, 6) is 1.60. The highest BCUT2D eigenvalue weighted by Gasteiger charge is 2.03. The van der Waals surface area contributed by atoms with Gasteiger partial charge >= 0.3 is 0 Å². The van der Waals surface area contributed by atoms with Crippen LogP contribution in [0.1, 0.15) is 5.56 Å². The highest BCUT2D eigenvalue weighted by atomic mass is 16.5. The van der Waals surface area contributed by atoms with E-state index in [-0.39, 0.29) is 0 Å². The van der Waals surface area contributed by atoms with E-state index in [0.717, 1.165) is 17.1 Å². The topological polar surface area (TPSA) is 36.3 Å². The van der Waals surface area contributed by atoms with E-state index in [9.17, 15) is 0 Å². The fourth-order valence-electron chi connectivity index (χ4n) is 1.46. The van der Waals surface area contributed by atoms with E-state index in [0.29, 0.717) is 6.61 Å². The van der Waals surface area contributed by atoms with Gasteiger partial charge in [0.2, 0.25) is 0 Å². The lowest BCUT2D eigenvalue weighted by molar-refractivity contribution is 0.296. The molecule has 1 aromatic heterocycles. The maximum absolute atomic E-state index is 5.59. The maximum Gasteiger partial charge on any atom is 0.157 e. The molecule has 0 amide bonds. The van der Waals surface area contributed by atoms with Crippen LogP contribution in [0.2, 0.25) is 0 Å². The van der Waals surface area contributed by atoms with Crippen LogP contribution in [0.3, 0.4) is 0 Å². The quantitative estimate of drug-likeness (QED) is 0.787. The van der Waals surface area contributed by atoms with Gasteiger partial charge in [0, 0.05) is 12.6 Å². The molecule has 0 spiro atoms. The number of benzene rings is 1. The van der Waals surface area contributed by atoms with Gasteiger partial charge in [-0.2, -0.15) is 5.10 Å². The molecule has 0 atom stereocenters. The Morgan fingerprint density at radius 2 is 2.12 bits per heavy atom. The normalized spacial score (nSPS) is 10.1. The SMILES string of the molecule is COc1ccccc1COc1cnn(C)c1. The molecule has 0 radical (unpaired) electrons. The lowest BCUT2D eigenvalue weighted by Crippen LogP contribution is -1.97. The Balaban J connectivity index is 2.04. The van der Waals surface area contributed by atoms with Crippen LogP contribution < -0.4 is 9.47 Å². The number of hydrogen-bond acceptors (Lipinski definition) is 3. The van der Waals surface area contributed by atoms with Crippen molar-refractivity contribution >= 4 is 0 Å². The van der Waals surface area contributed by atoms with Crippen LogP contribution in [-0.4, -0.2) is 16.9 Å². The molecule has 16 heavy (non-hydrogen) atoms. The van der Waals surface area contributed by atoms with Crippen LogP contribution in [0.4, 0.5) is 0 Å². The third-order valence-corrected chi connectivity index (χ3v) is 2.27. The molecule has 0 fully saturated rings. The number of para-hydroxylation sites is 1. The Labute approximate surface area is 94.4 Å². The zero-order valence-electron chi connectivity index (χ0n) is 9.38. The van der Waals surface area contributed by atoms with Crippen LogP contribution in [0.25, 0.3) is 0 Å². The smallest absolute Gasteiger partial charge is 0.157 e. The van der Waals surface area contributed by atoms with Gasteiger partial charge in [-0.3, -0.25) is 4.68 Å². The van der Waals surface area contributed by atoms with Crippen LogP contribution >= 0.6 is 0 Å². The van der Waals surface area contributed by atoms with Gasteiger partial charge in [-0.15, -0.1) is 0 Å². The number of nitrogens with zero attached hydrogens (tertiary/aromatic N) is 2. The van der Waals surface area contributed by atoms with Crippen molar-refractivity contribution in [3.8, 4) is 11.5 Å². The number of rotatable bonds is 4. The summed E-state index contributed by atoms with van der Waals surface area (Å²) in [5, 5.41) is 4.03. The zero-order valence-corrected chi connectivity index (χ0v) is 9.38. The third-order valence-electron chi connectivity index (χ3n) is 2.27. The van der Waals surface area contributed by atoms with Gasteiger partial charge in [-0.1, -0.05) is 18.2 Å². The molecule has 1 aromatic carbocycles. The Morgan fingerprint density at radius 3 is 2.81 bits per heavy atom. The molecule has 4 heteroatoms. The van der Waals surface area contributed by atoms with Gasteiger partial charge in [-0.05, 0) is 6.07 Å². The van der Waals surface area contributed by atoms with E-state index in [1.54, 1.807) is 18.0 Å². The van der Waals surface area contributed by atoms with Gasteiger partial charge in [-0.25, -0.2) is 0 Å². The first-order valence-electron chi connectivity index (χ1n) is 5.03. The van der Waals surface area contributed by atoms with Crippen LogP contribution in [0, 0.1) is 0 Å². The summed E-state index contributed by atoms with van der Waals surface area (Å²) in [6, 6.07) is 7.80. The first-order chi connectivity index (χ1) is 7.79. The Morgan fingerprint density at radius 1 is 1.31 bits per heavy atom. The van der Waals surface area contributed by atoms with Gasteiger partial charge in [0.1, 0.15) is 12.4 Å². The summed E-state index contributed by atoms with van der Waals surface area (Å²) in [6.45, 7) is 0.482. The molecule has 84 valence electrons. The monoisotopic (exact) mass is 218 g/mol. The van der Waals surface area contributed by atoms with Crippen molar-refractivity contribution in [1.82, 2.24) is 9.78 Å². The predicted octanol–water partition coefficient (Wildman–Crippen LogP) is 2.01. The zero-order chi connectivity index (χ0) is 11.4. The Hall–Kier alpha value is -1.97. The van der Waals surface area contributed by atoms with Crippen LogP contribution in [0.5, 0.6) is 11.5 Å². The number of hydrogen-bond donors (Lipinski definition) is 0. The highest BCUT2D eigenvalue weighted by molar-refractivity contribution is 5.33. The second-order valence-corrected chi connectivity index (χ2v) is 3.45. The van der Waals surface area contributed by atoms with Crippen molar-refractivity contribution in [2.45, 2.75) is 6.61 Å². The molecule has 0 aliphatic heterocycles. The van der Waals surface area contributed by atoms with Crippen LogP contribution in [-0.2, 0) is 13.7 Å². The minimum absolute atomic E-state index is 0.482. The minimum atomic E-state index is 0.482. The molecule has 0 aliphatic rings. The summed E-state index contributed by atoms with van der Waals surface area (Å²) in [5.41, 5.74) is 1.02. The highest BCUT2D eigenvalue weighted by Crippen LogP contribution is 2.19. The van der Waals surface area contributed by atoms with Gasteiger partial charge in [0.05, 0.1) is 19.5 Å². The molecule has 0 unspecified atom stereocenters. The summed E-state index contributed by atoms with van der Waals surface area (Å²) in [6.07, 6.45) is 3.52. The van der Waals surface area contributed by atoms with Gasteiger partial charge in [0.15, 0.2) is 5.75 Å². The standard InChI is InChI=1S/C12H14N2O2/c1-14-8-11(7-13-14)16-9-10-5-3-4-6-12(10)15-2/h3-8H,9H2,1-2H3. The minimum Gasteiger partial charge on any atom is -0.496 e. The van der Waals surface area contributed by atoms with Crippen molar-refractivity contribution in [2.24, 2.45) is 7.05 Å². The van der Waals surface area contributed by atoms with Gasteiger partial charge in [0.25, 0.3) is 0 Å². The largest absolute Gasteiger partial charge is 0.496 e. The lowest BCUT2D eigenvalue weighted by Gasteiger charge is -2.08. The Bertz CT molecular complexity index is 466. The second-order valence-electron chi connectivity index (χ2n) is 3.45. The Kier molecular flexibility index (Phi) is 3.10. The average molecular weight is 218 g/mol. The molecule has 4 nitrogen and oxygen atoms in total.